The number of hydrogen-bond acceptors (Lipinski definition) is 6. The maximum Gasteiger partial charge on any atom is 0.290 e. The first-order valence-corrected chi connectivity index (χ1v) is 9.34. The van der Waals surface area contributed by atoms with E-state index in [2.05, 4.69) is 20.6 Å². The summed E-state index contributed by atoms with van der Waals surface area (Å²) in [6.45, 7) is 2.27. The predicted octanol–water partition coefficient (Wildman–Crippen LogP) is 0.991. The van der Waals surface area contributed by atoms with Gasteiger partial charge in [-0.1, -0.05) is 0 Å². The van der Waals surface area contributed by atoms with Crippen LogP contribution in [0, 0.1) is 12.8 Å². The Morgan fingerprint density at radius 3 is 2.66 bits per heavy atom. The highest BCUT2D eigenvalue weighted by Crippen LogP contribution is 2.46. The van der Waals surface area contributed by atoms with Crippen LogP contribution in [0.1, 0.15) is 34.2 Å². The van der Waals surface area contributed by atoms with Crippen molar-refractivity contribution in [1.82, 2.24) is 29.3 Å². The van der Waals surface area contributed by atoms with Crippen molar-refractivity contribution in [3.63, 3.8) is 0 Å². The van der Waals surface area contributed by atoms with Crippen molar-refractivity contribution in [3.05, 3.63) is 51.8 Å². The number of anilines is 1. The van der Waals surface area contributed by atoms with Crippen LogP contribution < -0.4 is 15.6 Å². The normalized spacial score (nSPS) is 17.9. The second-order valence-electron chi connectivity index (χ2n) is 7.40. The number of aryl methyl sites for hydroxylation is 4. The smallest absolute Gasteiger partial charge is 0.290 e. The Balaban J connectivity index is 1.44. The highest BCUT2D eigenvalue weighted by atomic mass is 16.5. The highest BCUT2D eigenvalue weighted by molar-refractivity contribution is 6.03. The highest BCUT2D eigenvalue weighted by Gasteiger charge is 2.40. The van der Waals surface area contributed by atoms with Gasteiger partial charge < -0.3 is 10.1 Å². The molecule has 1 saturated carbocycles. The number of nitrogens with zero attached hydrogens (tertiary/aromatic N) is 6. The Morgan fingerprint density at radius 1 is 1.21 bits per heavy atom. The van der Waals surface area contributed by atoms with Gasteiger partial charge in [0, 0.05) is 45.2 Å². The summed E-state index contributed by atoms with van der Waals surface area (Å²) < 4.78 is 10.2. The summed E-state index contributed by atoms with van der Waals surface area (Å²) in [5, 5.41) is 15.3. The second-order valence-corrected chi connectivity index (χ2v) is 7.40. The van der Waals surface area contributed by atoms with E-state index < -0.39 is 11.5 Å². The molecule has 0 radical (unpaired) electrons. The minimum atomic E-state index is -0.417. The Morgan fingerprint density at radius 2 is 2.00 bits per heavy atom. The molecule has 2 atom stereocenters. The van der Waals surface area contributed by atoms with Gasteiger partial charge in [0.1, 0.15) is 11.4 Å². The molecular formula is C19H23N7O3. The number of carbonyl (C=O) groups excluding carboxylic acids is 1. The van der Waals surface area contributed by atoms with Gasteiger partial charge in [0.05, 0.1) is 18.0 Å². The Hall–Kier alpha value is -3.43. The standard InChI is InChI=1S/C19H23N7O3/c1-11-7-16(25(3)21-11)18(27)20-15-9-17(23-26(4)19(15)28)29-10-12-8-13(12)14-5-6-24(2)22-14/h5-7,9,12-13H,8,10H2,1-4H3,(H,20,27). The maximum absolute atomic E-state index is 12.5. The molecule has 0 bridgehead atoms. The molecule has 0 saturated heterocycles. The first-order chi connectivity index (χ1) is 13.8. The first kappa shape index (κ1) is 18.9. The van der Waals surface area contributed by atoms with Gasteiger partial charge in [0.15, 0.2) is 0 Å². The molecule has 3 heterocycles. The molecule has 1 fully saturated rings. The van der Waals surface area contributed by atoms with Crippen LogP contribution in [0.25, 0.3) is 0 Å². The topological polar surface area (TPSA) is 109 Å². The fourth-order valence-corrected chi connectivity index (χ4v) is 3.37. The van der Waals surface area contributed by atoms with Crippen molar-refractivity contribution in [2.45, 2.75) is 19.3 Å². The molecule has 1 N–H and O–H groups in total. The number of ether oxygens (including phenoxy) is 1. The van der Waals surface area contributed by atoms with Crippen LogP contribution in [0.15, 0.2) is 29.2 Å². The average Bonchev–Trinajstić information content (AvgIpc) is 3.18. The van der Waals surface area contributed by atoms with Crippen molar-refractivity contribution < 1.29 is 9.53 Å². The average molecular weight is 397 g/mol. The molecular weight excluding hydrogens is 374 g/mol. The molecule has 1 amide bonds. The number of amides is 1. The largest absolute Gasteiger partial charge is 0.476 e. The minimum Gasteiger partial charge on any atom is -0.476 e. The fourth-order valence-electron chi connectivity index (χ4n) is 3.37. The molecule has 4 rings (SSSR count). The lowest BCUT2D eigenvalue weighted by Crippen LogP contribution is -2.27. The molecule has 0 spiro atoms. The van der Waals surface area contributed by atoms with E-state index in [1.807, 2.05) is 19.3 Å². The molecule has 29 heavy (non-hydrogen) atoms. The second kappa shape index (κ2) is 7.19. The van der Waals surface area contributed by atoms with Crippen LogP contribution in [0.3, 0.4) is 0 Å². The van der Waals surface area contributed by atoms with Gasteiger partial charge in [0.25, 0.3) is 11.5 Å². The summed E-state index contributed by atoms with van der Waals surface area (Å²) in [6.07, 6.45) is 2.94. The zero-order chi connectivity index (χ0) is 20.7. The summed E-state index contributed by atoms with van der Waals surface area (Å²) in [4.78, 5) is 24.9. The van der Waals surface area contributed by atoms with Crippen molar-refractivity contribution in [2.75, 3.05) is 11.9 Å². The zero-order valence-corrected chi connectivity index (χ0v) is 16.8. The minimum absolute atomic E-state index is 0.110. The summed E-state index contributed by atoms with van der Waals surface area (Å²) >= 11 is 0. The van der Waals surface area contributed by atoms with Gasteiger partial charge in [-0.25, -0.2) is 4.68 Å². The van der Waals surface area contributed by atoms with Crippen LogP contribution in [-0.2, 0) is 21.1 Å². The van der Waals surface area contributed by atoms with Gasteiger partial charge >= 0.3 is 0 Å². The molecule has 0 aliphatic heterocycles. The number of nitrogens with one attached hydrogen (secondary N) is 1. The predicted molar refractivity (Wildman–Crippen MR) is 105 cm³/mol. The van der Waals surface area contributed by atoms with E-state index >= 15 is 0 Å². The van der Waals surface area contributed by atoms with E-state index in [9.17, 15) is 9.59 Å². The molecule has 0 aromatic carbocycles. The Labute approximate surface area is 167 Å². The molecule has 3 aromatic rings. The summed E-state index contributed by atoms with van der Waals surface area (Å²) in [5.41, 5.74) is 1.84. The van der Waals surface area contributed by atoms with E-state index in [0.717, 1.165) is 22.5 Å². The number of rotatable bonds is 6. The van der Waals surface area contributed by atoms with Gasteiger partial charge in [-0.3, -0.25) is 19.0 Å². The van der Waals surface area contributed by atoms with E-state index in [1.54, 1.807) is 24.7 Å². The van der Waals surface area contributed by atoms with E-state index in [1.165, 1.54) is 17.8 Å². The Kier molecular flexibility index (Phi) is 4.69. The van der Waals surface area contributed by atoms with E-state index in [4.69, 9.17) is 4.74 Å². The third-order valence-electron chi connectivity index (χ3n) is 5.01. The SMILES string of the molecule is Cc1cc(C(=O)Nc2cc(OCC3CC3c3ccn(C)n3)nn(C)c2=O)n(C)n1. The van der Waals surface area contributed by atoms with Crippen LogP contribution >= 0.6 is 0 Å². The van der Waals surface area contributed by atoms with Crippen molar-refractivity contribution in [3.8, 4) is 5.88 Å². The van der Waals surface area contributed by atoms with Crippen LogP contribution in [-0.4, -0.2) is 41.9 Å². The monoisotopic (exact) mass is 397 g/mol. The van der Waals surface area contributed by atoms with Crippen molar-refractivity contribution >= 4 is 11.6 Å². The number of hydrogen-bond donors (Lipinski definition) is 1. The maximum atomic E-state index is 12.5. The lowest BCUT2D eigenvalue weighted by Gasteiger charge is -2.10. The summed E-state index contributed by atoms with van der Waals surface area (Å²) in [5.74, 6) is 0.616. The molecule has 2 unspecified atom stereocenters. The lowest BCUT2D eigenvalue weighted by molar-refractivity contribution is 0.101. The fraction of sp³-hybridized carbons (Fsp3) is 0.421. The van der Waals surface area contributed by atoms with Gasteiger partial charge in [-0.15, -0.1) is 5.10 Å². The van der Waals surface area contributed by atoms with Crippen LogP contribution in [0.4, 0.5) is 5.69 Å². The zero-order valence-electron chi connectivity index (χ0n) is 16.8. The quantitative estimate of drug-likeness (QED) is 0.664. The van der Waals surface area contributed by atoms with Gasteiger partial charge in [0.2, 0.25) is 5.88 Å². The Bertz CT molecular complexity index is 1130. The molecule has 152 valence electrons. The lowest BCUT2D eigenvalue weighted by atomic mass is 10.2. The van der Waals surface area contributed by atoms with Crippen molar-refractivity contribution in [2.24, 2.45) is 27.1 Å². The van der Waals surface area contributed by atoms with Crippen LogP contribution in [0.5, 0.6) is 5.88 Å². The number of carbonyl (C=O) groups is 1. The third kappa shape index (κ3) is 3.91. The summed E-state index contributed by atoms with van der Waals surface area (Å²) in [7, 11) is 5.09. The first-order valence-electron chi connectivity index (χ1n) is 9.34. The van der Waals surface area contributed by atoms with E-state index in [0.29, 0.717) is 24.1 Å². The van der Waals surface area contributed by atoms with Crippen molar-refractivity contribution in [1.29, 1.82) is 0 Å². The molecule has 3 aromatic heterocycles. The summed E-state index contributed by atoms with van der Waals surface area (Å²) in [6, 6.07) is 5.13. The number of aromatic nitrogens is 6. The molecule has 1 aliphatic rings. The van der Waals surface area contributed by atoms with Crippen LogP contribution in [0.2, 0.25) is 0 Å². The van der Waals surface area contributed by atoms with Gasteiger partial charge in [-0.2, -0.15) is 10.2 Å². The molecule has 1 aliphatic carbocycles. The van der Waals surface area contributed by atoms with Gasteiger partial charge in [-0.05, 0) is 25.5 Å². The third-order valence-corrected chi connectivity index (χ3v) is 5.01. The molecule has 10 heteroatoms. The molecule has 10 nitrogen and oxygen atoms in total. The van der Waals surface area contributed by atoms with E-state index in [-0.39, 0.29) is 11.6 Å².